The highest BCUT2D eigenvalue weighted by Crippen LogP contribution is 2.27. The van der Waals surface area contributed by atoms with E-state index in [-0.39, 0.29) is 18.7 Å². The number of ether oxygens (including phenoxy) is 1. The van der Waals surface area contributed by atoms with Gasteiger partial charge in [0, 0.05) is 23.7 Å². The van der Waals surface area contributed by atoms with Crippen LogP contribution < -0.4 is 10.6 Å². The number of hydrogen-bond donors (Lipinski definition) is 3. The molecule has 1 saturated heterocycles. The lowest BCUT2D eigenvalue weighted by atomic mass is 9.96. The first-order valence-corrected chi connectivity index (χ1v) is 7.97. The van der Waals surface area contributed by atoms with E-state index in [0.29, 0.717) is 17.1 Å². The molecule has 2 amide bonds. The third-order valence-electron chi connectivity index (χ3n) is 3.82. The van der Waals surface area contributed by atoms with Crippen LogP contribution >= 0.6 is 11.6 Å². The summed E-state index contributed by atoms with van der Waals surface area (Å²) < 4.78 is 5.49. The van der Waals surface area contributed by atoms with Crippen molar-refractivity contribution in [3.05, 3.63) is 34.9 Å². The number of benzene rings is 1. The van der Waals surface area contributed by atoms with E-state index in [4.69, 9.17) is 16.3 Å². The minimum Gasteiger partial charge on any atom is -0.384 e. The molecule has 5 nitrogen and oxygen atoms in total. The van der Waals surface area contributed by atoms with E-state index >= 15 is 0 Å². The topological polar surface area (TPSA) is 70.6 Å². The van der Waals surface area contributed by atoms with Crippen molar-refractivity contribution in [2.24, 2.45) is 0 Å². The number of rotatable bonds is 6. The van der Waals surface area contributed by atoms with Crippen LogP contribution in [0.5, 0.6) is 0 Å². The monoisotopic (exact) mass is 326 g/mol. The molecule has 0 unspecified atom stereocenters. The van der Waals surface area contributed by atoms with Gasteiger partial charge in [-0.3, -0.25) is 0 Å². The molecular weight excluding hydrogens is 304 g/mol. The number of nitrogens with one attached hydrogen (secondary N) is 2. The molecule has 1 aliphatic rings. The molecule has 0 bridgehead atoms. The van der Waals surface area contributed by atoms with Crippen molar-refractivity contribution < 1.29 is 14.6 Å². The minimum atomic E-state index is -1.22. The Bertz CT molecular complexity index is 502. The van der Waals surface area contributed by atoms with E-state index in [9.17, 15) is 9.90 Å². The normalized spacial score (nSPS) is 20.4. The van der Waals surface area contributed by atoms with Gasteiger partial charge in [-0.05, 0) is 32.3 Å². The van der Waals surface area contributed by atoms with Crippen molar-refractivity contribution in [1.29, 1.82) is 0 Å². The molecule has 6 heteroatoms. The molecule has 1 aromatic rings. The molecule has 3 N–H and O–H groups in total. The molecule has 0 aromatic heterocycles. The van der Waals surface area contributed by atoms with Gasteiger partial charge in [-0.15, -0.1) is 0 Å². The van der Waals surface area contributed by atoms with Crippen molar-refractivity contribution in [2.75, 3.05) is 19.7 Å². The van der Waals surface area contributed by atoms with E-state index in [1.807, 2.05) is 0 Å². The van der Waals surface area contributed by atoms with Gasteiger partial charge in [0.2, 0.25) is 0 Å². The lowest BCUT2D eigenvalue weighted by Crippen LogP contribution is -2.44. The maximum atomic E-state index is 11.8. The summed E-state index contributed by atoms with van der Waals surface area (Å²) in [6.45, 7) is 3.09. The van der Waals surface area contributed by atoms with Crippen molar-refractivity contribution in [1.82, 2.24) is 10.6 Å². The van der Waals surface area contributed by atoms with Gasteiger partial charge < -0.3 is 20.5 Å². The van der Waals surface area contributed by atoms with Crippen LogP contribution in [0.15, 0.2) is 24.3 Å². The number of halogens is 1. The first-order chi connectivity index (χ1) is 10.5. The molecule has 2 rings (SSSR count). The number of hydrogen-bond acceptors (Lipinski definition) is 3. The summed E-state index contributed by atoms with van der Waals surface area (Å²) in [5, 5.41) is 16.4. The fourth-order valence-electron chi connectivity index (χ4n) is 2.53. The van der Waals surface area contributed by atoms with Gasteiger partial charge >= 0.3 is 6.03 Å². The average molecular weight is 327 g/mol. The van der Waals surface area contributed by atoms with E-state index in [2.05, 4.69) is 10.6 Å². The van der Waals surface area contributed by atoms with Gasteiger partial charge in [0.15, 0.2) is 0 Å². The molecule has 22 heavy (non-hydrogen) atoms. The van der Waals surface area contributed by atoms with E-state index < -0.39 is 5.60 Å². The fourth-order valence-corrected chi connectivity index (χ4v) is 2.87. The minimum absolute atomic E-state index is 0.0858. The van der Waals surface area contributed by atoms with E-state index in [1.165, 1.54) is 0 Å². The number of urea groups is 1. The molecule has 2 atom stereocenters. The van der Waals surface area contributed by atoms with Gasteiger partial charge in [0.1, 0.15) is 5.60 Å². The molecule has 0 aliphatic carbocycles. The van der Waals surface area contributed by atoms with Crippen molar-refractivity contribution >= 4 is 17.6 Å². The summed E-state index contributed by atoms with van der Waals surface area (Å²) in [4.78, 5) is 11.8. The Kier molecular flexibility index (Phi) is 6.06. The fraction of sp³-hybridized carbons (Fsp3) is 0.562. The zero-order chi connectivity index (χ0) is 16.0. The quantitative estimate of drug-likeness (QED) is 0.752. The van der Waals surface area contributed by atoms with Crippen molar-refractivity contribution in [3.8, 4) is 0 Å². The number of carbonyl (C=O) groups excluding carboxylic acids is 1. The maximum Gasteiger partial charge on any atom is 0.314 e. The van der Waals surface area contributed by atoms with Gasteiger partial charge in [-0.25, -0.2) is 4.79 Å². The van der Waals surface area contributed by atoms with Crippen molar-refractivity contribution in [3.63, 3.8) is 0 Å². The van der Waals surface area contributed by atoms with Crippen LogP contribution in [0.3, 0.4) is 0 Å². The van der Waals surface area contributed by atoms with Crippen LogP contribution in [-0.2, 0) is 10.3 Å². The van der Waals surface area contributed by atoms with Crippen LogP contribution in [0.4, 0.5) is 4.79 Å². The second-order valence-corrected chi connectivity index (χ2v) is 6.19. The Labute approximate surface area is 136 Å². The standard InChI is InChI=1S/C16H23ClN2O3/c1-16(21,13-6-2-3-7-14(13)17)11-19-15(20)18-9-8-12-5-4-10-22-12/h2-3,6-7,12,21H,4-5,8-11H2,1H3,(H2,18,19,20)/t12-,16+/m0/s1. The summed E-state index contributed by atoms with van der Waals surface area (Å²) in [5.41, 5.74) is -0.624. The predicted molar refractivity (Wildman–Crippen MR) is 86.0 cm³/mol. The average Bonchev–Trinajstić information content (AvgIpc) is 2.99. The van der Waals surface area contributed by atoms with Crippen LogP contribution in [-0.4, -0.2) is 36.9 Å². The molecule has 1 fully saturated rings. The molecular formula is C16H23ClN2O3. The molecule has 122 valence electrons. The Morgan fingerprint density at radius 2 is 2.23 bits per heavy atom. The maximum absolute atomic E-state index is 11.8. The zero-order valence-electron chi connectivity index (χ0n) is 12.8. The summed E-state index contributed by atoms with van der Waals surface area (Å²) in [6.07, 6.45) is 3.22. The van der Waals surface area contributed by atoms with Crippen LogP contribution in [0.2, 0.25) is 5.02 Å². The predicted octanol–water partition coefficient (Wildman–Crippen LogP) is 2.42. The van der Waals surface area contributed by atoms with Crippen LogP contribution in [0.25, 0.3) is 0 Å². The highest BCUT2D eigenvalue weighted by Gasteiger charge is 2.26. The first kappa shape index (κ1) is 17.1. The summed E-state index contributed by atoms with van der Waals surface area (Å²) in [5.74, 6) is 0. The number of aliphatic hydroxyl groups is 1. The highest BCUT2D eigenvalue weighted by atomic mass is 35.5. The van der Waals surface area contributed by atoms with E-state index in [0.717, 1.165) is 25.9 Å². The molecule has 0 saturated carbocycles. The number of carbonyl (C=O) groups is 1. The lowest BCUT2D eigenvalue weighted by Gasteiger charge is -2.25. The first-order valence-electron chi connectivity index (χ1n) is 7.60. The van der Waals surface area contributed by atoms with E-state index in [1.54, 1.807) is 31.2 Å². The SMILES string of the molecule is C[C@@](O)(CNC(=O)NCC[C@@H]1CCCO1)c1ccccc1Cl. The van der Waals surface area contributed by atoms with Crippen molar-refractivity contribution in [2.45, 2.75) is 37.9 Å². The Balaban J connectivity index is 1.74. The largest absolute Gasteiger partial charge is 0.384 e. The molecule has 1 heterocycles. The molecule has 1 aromatic carbocycles. The molecule has 0 radical (unpaired) electrons. The smallest absolute Gasteiger partial charge is 0.314 e. The molecule has 1 aliphatic heterocycles. The Hall–Kier alpha value is -1.30. The third kappa shape index (κ3) is 4.87. The Morgan fingerprint density at radius 3 is 2.91 bits per heavy atom. The van der Waals surface area contributed by atoms with Crippen LogP contribution in [0.1, 0.15) is 31.7 Å². The van der Waals surface area contributed by atoms with Gasteiger partial charge in [-0.1, -0.05) is 29.8 Å². The summed E-state index contributed by atoms with van der Waals surface area (Å²) in [7, 11) is 0. The molecule has 0 spiro atoms. The second kappa shape index (κ2) is 7.81. The third-order valence-corrected chi connectivity index (χ3v) is 4.15. The second-order valence-electron chi connectivity index (χ2n) is 5.79. The lowest BCUT2D eigenvalue weighted by molar-refractivity contribution is 0.0593. The van der Waals surface area contributed by atoms with Gasteiger partial charge in [0.25, 0.3) is 0 Å². The van der Waals surface area contributed by atoms with Crippen LogP contribution in [0, 0.1) is 0 Å². The zero-order valence-corrected chi connectivity index (χ0v) is 13.5. The highest BCUT2D eigenvalue weighted by molar-refractivity contribution is 6.31. The van der Waals surface area contributed by atoms with Gasteiger partial charge in [0.05, 0.1) is 12.6 Å². The summed E-state index contributed by atoms with van der Waals surface area (Å²) >= 11 is 6.08. The summed E-state index contributed by atoms with van der Waals surface area (Å²) in [6, 6.07) is 6.77. The van der Waals surface area contributed by atoms with Gasteiger partial charge in [-0.2, -0.15) is 0 Å². The Morgan fingerprint density at radius 1 is 1.45 bits per heavy atom. The number of amides is 2.